The zero-order valence-corrected chi connectivity index (χ0v) is 13.0. The van der Waals surface area contributed by atoms with Gasteiger partial charge in [-0.3, -0.25) is 0 Å². The van der Waals surface area contributed by atoms with Crippen LogP contribution in [0.25, 0.3) is 0 Å². The third-order valence-corrected chi connectivity index (χ3v) is 3.81. The van der Waals surface area contributed by atoms with Crippen LogP contribution in [0.15, 0.2) is 30.3 Å². The summed E-state index contributed by atoms with van der Waals surface area (Å²) in [6.07, 6.45) is 0. The first-order valence-electron chi connectivity index (χ1n) is 7.64. The molecule has 0 unspecified atom stereocenters. The number of nitrogens with zero attached hydrogens (tertiary/aromatic N) is 2. The topological polar surface area (TPSA) is 47.6 Å². The molecule has 116 valence electrons. The second-order valence-corrected chi connectivity index (χ2v) is 5.91. The third kappa shape index (κ3) is 5.73. The van der Waals surface area contributed by atoms with Crippen LogP contribution in [-0.2, 0) is 0 Å². The molecule has 0 radical (unpaired) electrons. The van der Waals surface area contributed by atoms with E-state index in [2.05, 4.69) is 34.4 Å². The Labute approximate surface area is 127 Å². The lowest BCUT2D eigenvalue weighted by Gasteiger charge is -2.33. The number of nitrogens with one attached hydrogen (secondary N) is 2. The number of para-hydroxylation sites is 1. The lowest BCUT2D eigenvalue weighted by atomic mass is 10.1. The fourth-order valence-electron chi connectivity index (χ4n) is 2.50. The van der Waals surface area contributed by atoms with Gasteiger partial charge in [0.25, 0.3) is 0 Å². The van der Waals surface area contributed by atoms with Crippen molar-refractivity contribution in [2.75, 3.05) is 51.6 Å². The summed E-state index contributed by atoms with van der Waals surface area (Å²) in [6, 6.07) is 9.38. The van der Waals surface area contributed by atoms with E-state index in [0.29, 0.717) is 12.5 Å². The normalized spacial score (nSPS) is 18.2. The summed E-state index contributed by atoms with van der Waals surface area (Å²) in [5.41, 5.74) is 0.821. The van der Waals surface area contributed by atoms with Crippen LogP contribution in [0.5, 0.6) is 0 Å². The van der Waals surface area contributed by atoms with Gasteiger partial charge in [0.05, 0.1) is 0 Å². The van der Waals surface area contributed by atoms with E-state index in [1.54, 1.807) is 0 Å². The van der Waals surface area contributed by atoms with Gasteiger partial charge in [-0.2, -0.15) is 0 Å². The molecule has 5 heteroatoms. The summed E-state index contributed by atoms with van der Waals surface area (Å²) >= 11 is 0. The predicted octanol–water partition coefficient (Wildman–Crippen LogP) is 1.69. The molecule has 1 saturated heterocycles. The summed E-state index contributed by atoms with van der Waals surface area (Å²) < 4.78 is 0. The van der Waals surface area contributed by atoms with Crippen LogP contribution in [0.2, 0.25) is 0 Å². The number of likely N-dealkylation sites (N-methyl/N-ethyl adjacent to an activating group) is 1. The first-order valence-corrected chi connectivity index (χ1v) is 7.64. The van der Waals surface area contributed by atoms with E-state index in [4.69, 9.17) is 0 Å². The fourth-order valence-corrected chi connectivity index (χ4v) is 2.50. The molecule has 0 bridgehead atoms. The van der Waals surface area contributed by atoms with Gasteiger partial charge in [-0.05, 0) is 25.1 Å². The molecule has 1 heterocycles. The van der Waals surface area contributed by atoms with E-state index in [0.717, 1.165) is 38.4 Å². The lowest BCUT2D eigenvalue weighted by molar-refractivity contribution is 0.138. The minimum absolute atomic E-state index is 0.133. The summed E-state index contributed by atoms with van der Waals surface area (Å²) in [4.78, 5) is 16.6. The molecule has 0 aromatic heterocycles. The highest BCUT2D eigenvalue weighted by Crippen LogP contribution is 2.06. The van der Waals surface area contributed by atoms with Gasteiger partial charge in [0.2, 0.25) is 0 Å². The highest BCUT2D eigenvalue weighted by molar-refractivity contribution is 5.89. The number of benzene rings is 1. The molecule has 5 nitrogen and oxygen atoms in total. The van der Waals surface area contributed by atoms with Gasteiger partial charge in [0.1, 0.15) is 0 Å². The van der Waals surface area contributed by atoms with Crippen LogP contribution in [0.3, 0.4) is 0 Å². The second-order valence-electron chi connectivity index (χ2n) is 5.91. The van der Waals surface area contributed by atoms with E-state index >= 15 is 0 Å². The smallest absolute Gasteiger partial charge is 0.319 e. The molecule has 0 spiro atoms. The van der Waals surface area contributed by atoms with Crippen molar-refractivity contribution in [1.29, 1.82) is 0 Å². The van der Waals surface area contributed by atoms with Crippen molar-refractivity contribution in [1.82, 2.24) is 15.1 Å². The van der Waals surface area contributed by atoms with Gasteiger partial charge in [-0.15, -0.1) is 0 Å². The summed E-state index contributed by atoms with van der Waals surface area (Å²) in [5.74, 6) is 0.454. The van der Waals surface area contributed by atoms with Crippen molar-refractivity contribution in [3.05, 3.63) is 30.3 Å². The van der Waals surface area contributed by atoms with E-state index in [1.807, 2.05) is 30.3 Å². The van der Waals surface area contributed by atoms with Crippen LogP contribution in [-0.4, -0.2) is 62.1 Å². The Kier molecular flexibility index (Phi) is 6.02. The minimum Gasteiger partial charge on any atom is -0.338 e. The second kappa shape index (κ2) is 8.00. The highest BCUT2D eigenvalue weighted by atomic mass is 16.2. The van der Waals surface area contributed by atoms with Gasteiger partial charge in [-0.1, -0.05) is 25.1 Å². The number of anilines is 1. The molecule has 1 aromatic rings. The Balaban J connectivity index is 1.64. The molecule has 2 amide bonds. The Morgan fingerprint density at radius 3 is 2.52 bits per heavy atom. The van der Waals surface area contributed by atoms with E-state index in [-0.39, 0.29) is 6.03 Å². The van der Waals surface area contributed by atoms with Crippen LogP contribution in [0, 0.1) is 5.92 Å². The molecule has 0 aliphatic carbocycles. The Morgan fingerprint density at radius 2 is 1.86 bits per heavy atom. The van der Waals surface area contributed by atoms with E-state index in [9.17, 15) is 4.79 Å². The predicted molar refractivity (Wildman–Crippen MR) is 86.6 cm³/mol. The molecular formula is C16H26N4O. The number of hydrogen-bond acceptors (Lipinski definition) is 3. The van der Waals surface area contributed by atoms with Crippen LogP contribution in [0.1, 0.15) is 6.92 Å². The van der Waals surface area contributed by atoms with Gasteiger partial charge in [0.15, 0.2) is 0 Å². The number of amides is 2. The average Bonchev–Trinajstić information content (AvgIpc) is 2.49. The Bertz CT molecular complexity index is 429. The standard InChI is InChI=1S/C16H26N4O/c1-14(13-20-10-8-19(2)9-11-20)12-17-16(21)18-15-6-4-3-5-7-15/h3-7,14H,8-13H2,1-2H3,(H2,17,18,21)/t14-/m1/s1. The van der Waals surface area contributed by atoms with Gasteiger partial charge >= 0.3 is 6.03 Å². The number of hydrogen-bond donors (Lipinski definition) is 2. The largest absolute Gasteiger partial charge is 0.338 e. The molecule has 2 rings (SSSR count). The lowest BCUT2D eigenvalue weighted by Crippen LogP contribution is -2.47. The molecule has 2 N–H and O–H groups in total. The molecule has 1 atom stereocenters. The molecule has 1 fully saturated rings. The van der Waals surface area contributed by atoms with E-state index < -0.39 is 0 Å². The number of carbonyl (C=O) groups is 1. The van der Waals surface area contributed by atoms with E-state index in [1.165, 1.54) is 0 Å². The van der Waals surface area contributed by atoms with Crippen LogP contribution < -0.4 is 10.6 Å². The maximum atomic E-state index is 11.8. The summed E-state index contributed by atoms with van der Waals surface area (Å²) in [6.45, 7) is 8.43. The van der Waals surface area contributed by atoms with Gasteiger partial charge in [0, 0.05) is 45.0 Å². The number of piperazine rings is 1. The van der Waals surface area contributed by atoms with Crippen molar-refractivity contribution >= 4 is 11.7 Å². The quantitative estimate of drug-likeness (QED) is 0.867. The first-order chi connectivity index (χ1) is 10.1. The van der Waals surface area contributed by atoms with Crippen molar-refractivity contribution in [3.8, 4) is 0 Å². The molecule has 1 aromatic carbocycles. The maximum Gasteiger partial charge on any atom is 0.319 e. The molecule has 1 aliphatic rings. The van der Waals surface area contributed by atoms with Gasteiger partial charge in [-0.25, -0.2) is 4.79 Å². The van der Waals surface area contributed by atoms with Gasteiger partial charge < -0.3 is 20.4 Å². The zero-order valence-electron chi connectivity index (χ0n) is 13.0. The Morgan fingerprint density at radius 1 is 1.19 bits per heavy atom. The highest BCUT2D eigenvalue weighted by Gasteiger charge is 2.16. The maximum absolute atomic E-state index is 11.8. The van der Waals surface area contributed by atoms with Crippen LogP contribution >= 0.6 is 0 Å². The summed E-state index contributed by atoms with van der Waals surface area (Å²) in [5, 5.41) is 5.78. The van der Waals surface area contributed by atoms with Crippen molar-refractivity contribution in [3.63, 3.8) is 0 Å². The van der Waals surface area contributed by atoms with Crippen LogP contribution in [0.4, 0.5) is 10.5 Å². The van der Waals surface area contributed by atoms with Crippen molar-refractivity contribution < 1.29 is 4.79 Å². The molecule has 0 saturated carbocycles. The monoisotopic (exact) mass is 290 g/mol. The number of rotatable bonds is 5. The molecule has 21 heavy (non-hydrogen) atoms. The number of carbonyl (C=O) groups excluding carboxylic acids is 1. The SMILES string of the molecule is C[C@H](CNC(=O)Nc1ccccc1)CN1CCN(C)CC1. The molecular weight excluding hydrogens is 264 g/mol. The average molecular weight is 290 g/mol. The fraction of sp³-hybridized carbons (Fsp3) is 0.562. The number of urea groups is 1. The minimum atomic E-state index is -0.133. The van der Waals surface area contributed by atoms with Crippen molar-refractivity contribution in [2.45, 2.75) is 6.92 Å². The zero-order chi connectivity index (χ0) is 15.1. The van der Waals surface area contributed by atoms with Crippen molar-refractivity contribution in [2.24, 2.45) is 5.92 Å². The first kappa shape index (κ1) is 15.8. The Hall–Kier alpha value is -1.59. The summed E-state index contributed by atoms with van der Waals surface area (Å²) in [7, 11) is 2.16. The molecule has 1 aliphatic heterocycles. The third-order valence-electron chi connectivity index (χ3n) is 3.81.